The van der Waals surface area contributed by atoms with Crippen LogP contribution in [0.1, 0.15) is 18.5 Å². The predicted molar refractivity (Wildman–Crippen MR) is 75.3 cm³/mol. The number of nitrogens with two attached hydrogens (primary N) is 1. The van der Waals surface area contributed by atoms with E-state index in [2.05, 4.69) is 0 Å². The fourth-order valence-electron chi connectivity index (χ4n) is 2.37. The Morgan fingerprint density at radius 1 is 1.40 bits per heavy atom. The van der Waals surface area contributed by atoms with E-state index in [1.165, 1.54) is 11.8 Å². The van der Waals surface area contributed by atoms with E-state index in [1.807, 2.05) is 0 Å². The van der Waals surface area contributed by atoms with Crippen LogP contribution < -0.4 is 5.73 Å². The first-order valence-electron chi connectivity index (χ1n) is 6.18. The Kier molecular flexibility index (Phi) is 4.11. The molecule has 1 aromatic rings. The largest absolute Gasteiger partial charge is 0.503 e. The van der Waals surface area contributed by atoms with Gasteiger partial charge in [0, 0.05) is 18.1 Å². The maximum absolute atomic E-state index is 12.0. The summed E-state index contributed by atoms with van der Waals surface area (Å²) in [6, 6.07) is 6.20. The molecule has 2 rings (SSSR count). The molecule has 0 radical (unpaired) electrons. The van der Waals surface area contributed by atoms with Crippen molar-refractivity contribution in [2.75, 3.05) is 13.1 Å². The Morgan fingerprint density at radius 2 is 2.00 bits per heavy atom. The van der Waals surface area contributed by atoms with Gasteiger partial charge in [0.2, 0.25) is 0 Å². The van der Waals surface area contributed by atoms with Crippen LogP contribution in [0, 0.1) is 0 Å². The fraction of sp³-hybridized carbons (Fsp3) is 0.286. The zero-order valence-electron chi connectivity index (χ0n) is 11.0. The number of nitrogens with zero attached hydrogens (tertiary/aromatic N) is 1. The van der Waals surface area contributed by atoms with Crippen molar-refractivity contribution in [3.63, 3.8) is 0 Å². The Morgan fingerprint density at radius 3 is 2.50 bits per heavy atom. The molecule has 3 N–H and O–H groups in total. The third-order valence-electron chi connectivity index (χ3n) is 3.24. The molecular formula is C14H15ClN2O3. The van der Waals surface area contributed by atoms with E-state index in [0.29, 0.717) is 10.6 Å². The number of aliphatic hydroxyl groups excluding tert-OH is 1. The molecule has 0 aromatic heterocycles. The summed E-state index contributed by atoms with van der Waals surface area (Å²) in [6.45, 7) is 1.83. The lowest BCUT2D eigenvalue weighted by atomic mass is 9.97. The lowest BCUT2D eigenvalue weighted by molar-refractivity contribution is -0.129. The molecule has 1 aromatic carbocycles. The molecule has 0 aliphatic carbocycles. The van der Waals surface area contributed by atoms with Crippen molar-refractivity contribution in [1.82, 2.24) is 4.90 Å². The predicted octanol–water partition coefficient (Wildman–Crippen LogP) is 1.58. The Labute approximate surface area is 121 Å². The minimum Gasteiger partial charge on any atom is -0.503 e. The zero-order chi connectivity index (χ0) is 14.9. The van der Waals surface area contributed by atoms with Crippen LogP contribution in [-0.4, -0.2) is 34.8 Å². The molecule has 1 amide bonds. The van der Waals surface area contributed by atoms with E-state index in [1.54, 1.807) is 24.3 Å². The van der Waals surface area contributed by atoms with Gasteiger partial charge in [0.15, 0.2) is 11.5 Å². The number of amides is 1. The van der Waals surface area contributed by atoms with E-state index < -0.39 is 17.7 Å². The number of carbonyl (C=O) groups is 2. The van der Waals surface area contributed by atoms with Gasteiger partial charge in [0.05, 0.1) is 11.6 Å². The highest BCUT2D eigenvalue weighted by Gasteiger charge is 2.41. The number of Topliss-reactive ketones (excluding diaryl/α,β-unsaturated/α-hetero) is 1. The van der Waals surface area contributed by atoms with Gasteiger partial charge in [-0.15, -0.1) is 0 Å². The number of hydrogen-bond acceptors (Lipinski definition) is 4. The van der Waals surface area contributed by atoms with Gasteiger partial charge in [0.25, 0.3) is 5.91 Å². The summed E-state index contributed by atoms with van der Waals surface area (Å²) in [5.41, 5.74) is 6.32. The molecule has 0 bridgehead atoms. The van der Waals surface area contributed by atoms with Crippen LogP contribution in [0.5, 0.6) is 0 Å². The fourth-order valence-corrected chi connectivity index (χ4v) is 2.50. The van der Waals surface area contributed by atoms with Crippen molar-refractivity contribution in [3.05, 3.63) is 46.2 Å². The van der Waals surface area contributed by atoms with Crippen molar-refractivity contribution in [1.29, 1.82) is 0 Å². The molecule has 0 spiro atoms. The molecule has 0 fully saturated rings. The van der Waals surface area contributed by atoms with E-state index in [4.69, 9.17) is 17.3 Å². The highest BCUT2D eigenvalue weighted by molar-refractivity contribution is 6.30. The molecule has 1 heterocycles. The smallest absolute Gasteiger partial charge is 0.290 e. The molecule has 1 atom stereocenters. The van der Waals surface area contributed by atoms with E-state index in [9.17, 15) is 14.7 Å². The van der Waals surface area contributed by atoms with Gasteiger partial charge in [-0.2, -0.15) is 0 Å². The minimum atomic E-state index is -0.610. The lowest BCUT2D eigenvalue weighted by Crippen LogP contribution is -2.35. The molecule has 6 heteroatoms. The lowest BCUT2D eigenvalue weighted by Gasteiger charge is -2.26. The van der Waals surface area contributed by atoms with Crippen LogP contribution in [-0.2, 0) is 9.59 Å². The first kappa shape index (κ1) is 14.6. The van der Waals surface area contributed by atoms with Crippen molar-refractivity contribution in [2.24, 2.45) is 5.73 Å². The summed E-state index contributed by atoms with van der Waals surface area (Å²) in [5, 5.41) is 10.5. The maximum Gasteiger partial charge on any atom is 0.290 e. The molecule has 0 saturated carbocycles. The maximum atomic E-state index is 12.0. The average molecular weight is 295 g/mol. The highest BCUT2D eigenvalue weighted by atomic mass is 35.5. The van der Waals surface area contributed by atoms with Gasteiger partial charge < -0.3 is 15.7 Å². The number of hydrogen-bond donors (Lipinski definition) is 2. The zero-order valence-corrected chi connectivity index (χ0v) is 11.7. The van der Waals surface area contributed by atoms with E-state index in [0.717, 1.165) is 0 Å². The average Bonchev–Trinajstić information content (AvgIpc) is 2.65. The Balaban J connectivity index is 2.51. The van der Waals surface area contributed by atoms with Crippen LogP contribution in [0.25, 0.3) is 0 Å². The van der Waals surface area contributed by atoms with Crippen molar-refractivity contribution < 1.29 is 14.7 Å². The number of aliphatic hydroxyl groups is 1. The SMILES string of the molecule is CC(=O)C1=C(O)C(=O)N(CCN)C1c1ccc(Cl)cc1. The van der Waals surface area contributed by atoms with Crippen LogP contribution in [0.3, 0.4) is 0 Å². The third-order valence-corrected chi connectivity index (χ3v) is 3.49. The van der Waals surface area contributed by atoms with Crippen LogP contribution in [0.2, 0.25) is 5.02 Å². The first-order valence-corrected chi connectivity index (χ1v) is 6.55. The van der Waals surface area contributed by atoms with Crippen molar-refractivity contribution in [3.8, 4) is 0 Å². The first-order chi connectivity index (χ1) is 9.47. The Hall–Kier alpha value is -1.85. The number of halogens is 1. The molecule has 0 saturated heterocycles. The summed E-state index contributed by atoms with van der Waals surface area (Å²) in [4.78, 5) is 25.2. The van der Waals surface area contributed by atoms with Gasteiger partial charge in [-0.25, -0.2) is 0 Å². The summed E-state index contributed by atoms with van der Waals surface area (Å²) in [6.07, 6.45) is 0. The van der Waals surface area contributed by atoms with Gasteiger partial charge in [-0.05, 0) is 24.6 Å². The van der Waals surface area contributed by atoms with Crippen LogP contribution in [0.4, 0.5) is 0 Å². The second-order valence-corrected chi connectivity index (χ2v) is 5.00. The summed E-state index contributed by atoms with van der Waals surface area (Å²) in [5.74, 6) is -1.40. The quantitative estimate of drug-likeness (QED) is 0.883. The summed E-state index contributed by atoms with van der Waals surface area (Å²) >= 11 is 5.84. The second kappa shape index (κ2) is 5.64. The van der Waals surface area contributed by atoms with E-state index in [-0.39, 0.29) is 24.4 Å². The van der Waals surface area contributed by atoms with Crippen molar-refractivity contribution in [2.45, 2.75) is 13.0 Å². The van der Waals surface area contributed by atoms with Crippen molar-refractivity contribution >= 4 is 23.3 Å². The van der Waals surface area contributed by atoms with E-state index >= 15 is 0 Å². The molecule has 1 aliphatic heterocycles. The highest BCUT2D eigenvalue weighted by Crippen LogP contribution is 2.37. The molecule has 1 unspecified atom stereocenters. The number of carbonyl (C=O) groups excluding carboxylic acids is 2. The second-order valence-electron chi connectivity index (χ2n) is 4.56. The summed E-state index contributed by atoms with van der Waals surface area (Å²) < 4.78 is 0. The van der Waals surface area contributed by atoms with Crippen LogP contribution >= 0.6 is 11.6 Å². The number of benzene rings is 1. The standard InChI is InChI=1S/C14H15ClN2O3/c1-8(18)11-12(9-2-4-10(15)5-3-9)17(7-6-16)14(20)13(11)19/h2-5,12,19H,6-7,16H2,1H3. The van der Waals surface area contributed by atoms with Gasteiger partial charge in [0.1, 0.15) is 0 Å². The minimum absolute atomic E-state index is 0.103. The summed E-state index contributed by atoms with van der Waals surface area (Å²) in [7, 11) is 0. The topological polar surface area (TPSA) is 83.6 Å². The molecule has 1 aliphatic rings. The molecule has 106 valence electrons. The Bertz CT molecular complexity index is 581. The molecule has 5 nitrogen and oxygen atoms in total. The molecule has 20 heavy (non-hydrogen) atoms. The monoisotopic (exact) mass is 294 g/mol. The van der Waals surface area contributed by atoms with Gasteiger partial charge in [-0.3, -0.25) is 9.59 Å². The van der Waals surface area contributed by atoms with Crippen LogP contribution in [0.15, 0.2) is 35.6 Å². The number of ketones is 1. The molecular weight excluding hydrogens is 280 g/mol. The third kappa shape index (κ3) is 2.42. The van der Waals surface area contributed by atoms with Gasteiger partial charge >= 0.3 is 0 Å². The number of rotatable bonds is 4. The normalized spacial score (nSPS) is 18.9. The van der Waals surface area contributed by atoms with Gasteiger partial charge in [-0.1, -0.05) is 23.7 Å².